The van der Waals surface area contributed by atoms with Crippen LogP contribution in [0.4, 0.5) is 0 Å². The first kappa shape index (κ1) is 23.4. The van der Waals surface area contributed by atoms with E-state index < -0.39 is 0 Å². The number of piperidine rings is 1. The van der Waals surface area contributed by atoms with Gasteiger partial charge in [-0.15, -0.1) is 0 Å². The first-order valence-electron chi connectivity index (χ1n) is 12.3. The number of aromatic nitrogens is 2. The molecule has 8 nitrogen and oxygen atoms in total. The van der Waals surface area contributed by atoms with Gasteiger partial charge in [0.05, 0.1) is 32.7 Å². The van der Waals surface area contributed by atoms with Crippen molar-refractivity contribution in [3.8, 4) is 22.9 Å². The van der Waals surface area contributed by atoms with Crippen LogP contribution in [0.15, 0.2) is 47.0 Å². The standard InChI is InChI=1S/C27H32N4O4/c1-33-21-10-8-18(9-11-21)26-29-25(35-30-26)17-31-14-4-6-20(16-31)27(32)28-24-7-3-5-19-15-22(34-2)12-13-23(19)24/h8-13,15,20,24H,3-7,14,16-17H2,1-2H3,(H,28,32). The summed E-state index contributed by atoms with van der Waals surface area (Å²) in [5.74, 6) is 2.86. The monoisotopic (exact) mass is 476 g/mol. The molecule has 1 amide bonds. The molecular formula is C27H32N4O4. The largest absolute Gasteiger partial charge is 0.497 e. The van der Waals surface area contributed by atoms with E-state index in [1.165, 1.54) is 11.1 Å². The average molecular weight is 477 g/mol. The summed E-state index contributed by atoms with van der Waals surface area (Å²) in [6.45, 7) is 2.14. The van der Waals surface area contributed by atoms with Crippen LogP contribution in [0.5, 0.6) is 11.5 Å². The second-order valence-corrected chi connectivity index (χ2v) is 9.33. The lowest BCUT2D eigenvalue weighted by molar-refractivity contribution is -0.127. The van der Waals surface area contributed by atoms with E-state index in [9.17, 15) is 4.79 Å². The van der Waals surface area contributed by atoms with E-state index >= 15 is 0 Å². The molecule has 8 heteroatoms. The molecule has 2 heterocycles. The average Bonchev–Trinajstić information content (AvgIpc) is 3.37. The van der Waals surface area contributed by atoms with Crippen LogP contribution in [0, 0.1) is 5.92 Å². The number of carbonyl (C=O) groups excluding carboxylic acids is 1. The van der Waals surface area contributed by atoms with Gasteiger partial charge in [-0.3, -0.25) is 9.69 Å². The molecular weight excluding hydrogens is 444 g/mol. The summed E-state index contributed by atoms with van der Waals surface area (Å²) in [6.07, 6.45) is 4.92. The lowest BCUT2D eigenvalue weighted by Crippen LogP contribution is -2.44. The number of fused-ring (bicyclic) bond motifs is 1. The van der Waals surface area contributed by atoms with Crippen LogP contribution in [0.2, 0.25) is 0 Å². The Kier molecular flexibility index (Phi) is 6.99. The Morgan fingerprint density at radius 2 is 1.89 bits per heavy atom. The molecule has 0 saturated carbocycles. The van der Waals surface area contributed by atoms with Crippen molar-refractivity contribution in [2.24, 2.45) is 5.92 Å². The number of benzene rings is 2. The van der Waals surface area contributed by atoms with Crippen LogP contribution < -0.4 is 14.8 Å². The summed E-state index contributed by atoms with van der Waals surface area (Å²) < 4.78 is 16.1. The van der Waals surface area contributed by atoms with Crippen molar-refractivity contribution in [1.29, 1.82) is 0 Å². The zero-order valence-corrected chi connectivity index (χ0v) is 20.3. The highest BCUT2D eigenvalue weighted by Crippen LogP contribution is 2.33. The highest BCUT2D eigenvalue weighted by molar-refractivity contribution is 5.79. The fourth-order valence-electron chi connectivity index (χ4n) is 5.14. The van der Waals surface area contributed by atoms with E-state index in [0.29, 0.717) is 24.8 Å². The number of rotatable bonds is 7. The number of methoxy groups -OCH3 is 2. The van der Waals surface area contributed by atoms with Crippen LogP contribution in [0.3, 0.4) is 0 Å². The highest BCUT2D eigenvalue weighted by atomic mass is 16.5. The molecule has 3 aromatic rings. The molecule has 0 spiro atoms. The normalized spacial score (nSPS) is 20.2. The van der Waals surface area contributed by atoms with E-state index in [-0.39, 0.29) is 17.9 Å². The van der Waals surface area contributed by atoms with Crippen LogP contribution >= 0.6 is 0 Å². The van der Waals surface area contributed by atoms with Gasteiger partial charge in [0.15, 0.2) is 0 Å². The quantitative estimate of drug-likeness (QED) is 0.548. The number of aryl methyl sites for hydroxylation is 1. The van der Waals surface area contributed by atoms with Gasteiger partial charge >= 0.3 is 0 Å². The second-order valence-electron chi connectivity index (χ2n) is 9.33. The van der Waals surface area contributed by atoms with Gasteiger partial charge < -0.3 is 19.3 Å². The van der Waals surface area contributed by atoms with Gasteiger partial charge in [-0.05, 0) is 86.2 Å². The molecule has 1 fully saturated rings. The molecule has 1 aliphatic carbocycles. The molecule has 0 radical (unpaired) electrons. The Bertz CT molecular complexity index is 1160. The first-order valence-corrected chi connectivity index (χ1v) is 12.3. The molecule has 2 aliphatic rings. The van der Waals surface area contributed by atoms with Gasteiger partial charge in [0, 0.05) is 12.1 Å². The Balaban J connectivity index is 1.19. The van der Waals surface area contributed by atoms with Crippen LogP contribution in [0.1, 0.15) is 48.7 Å². The van der Waals surface area contributed by atoms with Gasteiger partial charge in [-0.2, -0.15) is 4.98 Å². The highest BCUT2D eigenvalue weighted by Gasteiger charge is 2.30. The molecule has 0 bridgehead atoms. The number of amides is 1. The molecule has 1 N–H and O–H groups in total. The van der Waals surface area contributed by atoms with Gasteiger partial charge in [0.2, 0.25) is 17.6 Å². The van der Waals surface area contributed by atoms with Gasteiger partial charge in [-0.25, -0.2) is 0 Å². The zero-order valence-electron chi connectivity index (χ0n) is 20.3. The third-order valence-corrected chi connectivity index (χ3v) is 7.03. The van der Waals surface area contributed by atoms with E-state index in [0.717, 1.165) is 55.7 Å². The molecule has 1 aliphatic heterocycles. The van der Waals surface area contributed by atoms with Gasteiger partial charge in [0.25, 0.3) is 0 Å². The van der Waals surface area contributed by atoms with Crippen molar-refractivity contribution in [3.63, 3.8) is 0 Å². The van der Waals surface area contributed by atoms with E-state index in [4.69, 9.17) is 14.0 Å². The zero-order chi connectivity index (χ0) is 24.2. The van der Waals surface area contributed by atoms with E-state index in [1.807, 2.05) is 30.3 Å². The summed E-state index contributed by atoms with van der Waals surface area (Å²) >= 11 is 0. The minimum atomic E-state index is -0.0450. The number of nitrogens with one attached hydrogen (secondary N) is 1. The number of hydrogen-bond donors (Lipinski definition) is 1. The van der Waals surface area contributed by atoms with Crippen molar-refractivity contribution in [1.82, 2.24) is 20.4 Å². The number of carbonyl (C=O) groups is 1. The maximum absolute atomic E-state index is 13.2. The number of ether oxygens (including phenoxy) is 2. The third-order valence-electron chi connectivity index (χ3n) is 7.03. The van der Waals surface area contributed by atoms with E-state index in [2.05, 4.69) is 32.5 Å². The summed E-state index contributed by atoms with van der Waals surface area (Å²) in [5, 5.41) is 7.46. The maximum atomic E-state index is 13.2. The predicted octanol–water partition coefficient (Wildman–Crippen LogP) is 4.16. The van der Waals surface area contributed by atoms with Crippen molar-refractivity contribution in [3.05, 3.63) is 59.5 Å². The van der Waals surface area contributed by atoms with E-state index in [1.54, 1.807) is 14.2 Å². The van der Waals surface area contributed by atoms with Crippen LogP contribution in [0.25, 0.3) is 11.4 Å². The third kappa shape index (κ3) is 5.32. The van der Waals surface area contributed by atoms with Crippen molar-refractivity contribution in [2.45, 2.75) is 44.7 Å². The topological polar surface area (TPSA) is 89.7 Å². The molecule has 2 aromatic carbocycles. The molecule has 2 atom stereocenters. The Hall–Kier alpha value is -3.39. The minimum absolute atomic E-state index is 0.0450. The van der Waals surface area contributed by atoms with Gasteiger partial charge in [-0.1, -0.05) is 11.2 Å². The molecule has 2 unspecified atom stereocenters. The number of nitrogens with zero attached hydrogens (tertiary/aromatic N) is 3. The van der Waals surface area contributed by atoms with Crippen molar-refractivity contribution in [2.75, 3.05) is 27.3 Å². The Morgan fingerprint density at radius 3 is 2.69 bits per heavy atom. The Labute approximate surface area is 205 Å². The molecule has 35 heavy (non-hydrogen) atoms. The van der Waals surface area contributed by atoms with Crippen LogP contribution in [-0.4, -0.2) is 48.3 Å². The smallest absolute Gasteiger partial charge is 0.241 e. The lowest BCUT2D eigenvalue weighted by Gasteiger charge is -2.33. The lowest BCUT2D eigenvalue weighted by atomic mass is 9.86. The SMILES string of the molecule is COc1ccc(-c2noc(CN3CCCC(C(=O)NC4CCCc5cc(OC)ccc54)C3)n2)cc1. The minimum Gasteiger partial charge on any atom is -0.497 e. The fraction of sp³-hybridized carbons (Fsp3) is 0.444. The molecule has 1 aromatic heterocycles. The second kappa shape index (κ2) is 10.5. The predicted molar refractivity (Wildman–Crippen MR) is 131 cm³/mol. The van der Waals surface area contributed by atoms with Crippen LogP contribution in [-0.2, 0) is 17.8 Å². The summed E-state index contributed by atoms with van der Waals surface area (Å²) in [4.78, 5) is 20.0. The first-order chi connectivity index (χ1) is 17.1. The molecule has 1 saturated heterocycles. The fourth-order valence-corrected chi connectivity index (χ4v) is 5.14. The number of hydrogen-bond acceptors (Lipinski definition) is 7. The molecule has 5 rings (SSSR count). The van der Waals surface area contributed by atoms with Gasteiger partial charge in [0.1, 0.15) is 11.5 Å². The maximum Gasteiger partial charge on any atom is 0.241 e. The summed E-state index contributed by atoms with van der Waals surface area (Å²) in [7, 11) is 3.33. The number of likely N-dealkylation sites (tertiary alicyclic amines) is 1. The van der Waals surface area contributed by atoms with Crippen molar-refractivity contribution < 1.29 is 18.8 Å². The van der Waals surface area contributed by atoms with Crippen molar-refractivity contribution >= 4 is 5.91 Å². The Morgan fingerprint density at radius 1 is 1.09 bits per heavy atom. The summed E-state index contributed by atoms with van der Waals surface area (Å²) in [5.41, 5.74) is 3.37. The summed E-state index contributed by atoms with van der Waals surface area (Å²) in [6, 6.07) is 13.8. The molecule has 184 valence electrons.